The maximum atomic E-state index is 12.9. The van der Waals surface area contributed by atoms with Gasteiger partial charge in [0.1, 0.15) is 19.6 Å². The van der Waals surface area contributed by atoms with E-state index >= 15 is 0 Å². The van der Waals surface area contributed by atoms with Crippen LogP contribution in [0.3, 0.4) is 0 Å². The van der Waals surface area contributed by atoms with Crippen molar-refractivity contribution in [3.63, 3.8) is 0 Å². The average Bonchev–Trinajstić information content (AvgIpc) is 3.73. The number of unbranched alkanes of at least 4 members (excludes halogenated alkanes) is 1. The molecule has 56 heavy (non-hydrogen) atoms. The number of benzene rings is 1. The Morgan fingerprint density at radius 3 is 2.04 bits per heavy atom. The third-order valence-electron chi connectivity index (χ3n) is 9.80. The summed E-state index contributed by atoms with van der Waals surface area (Å²) < 4.78 is 0. The van der Waals surface area contributed by atoms with Crippen molar-refractivity contribution in [1.82, 2.24) is 35.6 Å². The van der Waals surface area contributed by atoms with Crippen molar-refractivity contribution in [1.29, 1.82) is 0 Å². The molecular formula is C36H58N8O11S. The molecule has 314 valence electrons. The monoisotopic (exact) mass is 810 g/mol. The number of fused-ring (bicyclic) bond motifs is 1. The van der Waals surface area contributed by atoms with Gasteiger partial charge in [0.05, 0.1) is 38.6 Å². The van der Waals surface area contributed by atoms with E-state index in [9.17, 15) is 44.4 Å². The Bertz CT molecular complexity index is 1400. The molecule has 5 unspecified atom stereocenters. The Kier molecular flexibility index (Phi) is 22.2. The van der Waals surface area contributed by atoms with E-state index < -0.39 is 24.0 Å². The van der Waals surface area contributed by atoms with Gasteiger partial charge in [-0.25, -0.2) is 4.79 Å². The summed E-state index contributed by atoms with van der Waals surface area (Å²) in [6, 6.07) is 6.12. The Morgan fingerprint density at radius 1 is 0.857 bits per heavy atom. The molecule has 20 heteroatoms. The summed E-state index contributed by atoms with van der Waals surface area (Å²) >= 11 is 1.84. The number of aliphatic hydroxyl groups is 2. The molecule has 4 rings (SSSR count). The zero-order valence-corrected chi connectivity index (χ0v) is 32.8. The van der Waals surface area contributed by atoms with Crippen LogP contribution in [0.25, 0.3) is 0 Å². The van der Waals surface area contributed by atoms with Gasteiger partial charge in [-0.05, 0) is 43.9 Å². The molecule has 3 saturated heterocycles. The van der Waals surface area contributed by atoms with Crippen molar-refractivity contribution >= 4 is 60.8 Å². The maximum absolute atomic E-state index is 12.9. The van der Waals surface area contributed by atoms with E-state index in [4.69, 9.17) is 9.59 Å². The zero-order valence-electron chi connectivity index (χ0n) is 32.0. The van der Waals surface area contributed by atoms with Crippen LogP contribution in [0.1, 0.15) is 38.2 Å². The Labute approximate surface area is 331 Å². The summed E-state index contributed by atoms with van der Waals surface area (Å²) in [5, 5.41) is 50.9. The van der Waals surface area contributed by atoms with Gasteiger partial charge in [-0.1, -0.05) is 18.6 Å². The first-order chi connectivity index (χ1) is 26.9. The lowest BCUT2D eigenvalue weighted by Gasteiger charge is -2.37. The van der Waals surface area contributed by atoms with E-state index in [1.54, 1.807) is 38.7 Å². The molecule has 3 aliphatic rings. The Hall–Kier alpha value is -4.18. The van der Waals surface area contributed by atoms with Gasteiger partial charge in [-0.2, -0.15) is 11.8 Å². The molecule has 0 spiro atoms. The highest BCUT2D eigenvalue weighted by atomic mass is 32.2. The molecule has 1 aromatic rings. The van der Waals surface area contributed by atoms with Gasteiger partial charge in [-0.3, -0.25) is 38.8 Å². The van der Waals surface area contributed by atoms with Crippen molar-refractivity contribution in [2.24, 2.45) is 0 Å². The fourth-order valence-corrected chi connectivity index (χ4v) is 8.38. The number of anilines is 1. The quantitative estimate of drug-likeness (QED) is 0.0712. The second-order valence-electron chi connectivity index (χ2n) is 13.7. The van der Waals surface area contributed by atoms with Gasteiger partial charge >= 0.3 is 18.0 Å². The fourth-order valence-electron chi connectivity index (χ4n) is 6.84. The minimum atomic E-state index is -1.03. The number of nitrogens with zero attached hydrogens (tertiary/aromatic N) is 4. The van der Waals surface area contributed by atoms with E-state index in [2.05, 4.69) is 21.3 Å². The fraction of sp³-hybridized carbons (Fsp3) is 0.639. The highest BCUT2D eigenvalue weighted by Gasteiger charge is 2.42. The minimum Gasteiger partial charge on any atom is -0.480 e. The molecule has 0 saturated carbocycles. The molecule has 3 fully saturated rings. The lowest BCUT2D eigenvalue weighted by molar-refractivity contribution is -0.141. The largest absolute Gasteiger partial charge is 0.480 e. The Balaban J connectivity index is 0.00000262. The summed E-state index contributed by atoms with van der Waals surface area (Å²) in [6.45, 7) is 7.21. The highest BCUT2D eigenvalue weighted by Crippen LogP contribution is 2.33. The molecule has 0 aliphatic carbocycles. The number of rotatable bonds is 16. The van der Waals surface area contributed by atoms with Crippen LogP contribution in [-0.4, -0.2) is 191 Å². The van der Waals surface area contributed by atoms with Crippen LogP contribution >= 0.6 is 11.8 Å². The second kappa shape index (κ2) is 25.9. The van der Waals surface area contributed by atoms with Gasteiger partial charge in [0.15, 0.2) is 0 Å². The minimum absolute atomic E-state index is 0.117. The summed E-state index contributed by atoms with van der Waals surface area (Å²) in [5.41, 5.74) is 1.36. The summed E-state index contributed by atoms with van der Waals surface area (Å²) in [4.78, 5) is 83.8. The van der Waals surface area contributed by atoms with E-state index in [1.165, 1.54) is 0 Å². The molecule has 3 aliphatic heterocycles. The number of amides is 4. The number of urea groups is 1. The third-order valence-corrected chi connectivity index (χ3v) is 11.3. The van der Waals surface area contributed by atoms with Gasteiger partial charge in [0.2, 0.25) is 11.8 Å². The molecule has 0 radical (unpaired) electrons. The number of hydrogen-bond acceptors (Lipinski definition) is 14. The standard InChI is InChI=1S/C34H54N8O9S.2CH2O/c1-23(35-29(45)5-3-2-4-28-32-27(20-52-28)37-34(51)38-32)33(50)36-25-8-6-24(7-9-25)16-26-17-41(18-30(46)47)13-12-39(21-43)10-11-40(22-44)14-15-42(26)19-31(48)49;2*1-2/h6-9,23,26-28,32,43-44H,2-5,10-22H2,1H3,(H,35,45)(H,36,50)(H,46,47)(H,48,49)(H2,37,38,51);2*1H2. The number of carboxylic acids is 2. The van der Waals surface area contributed by atoms with Crippen molar-refractivity contribution in [2.45, 2.75) is 68.4 Å². The molecule has 0 bridgehead atoms. The summed E-state index contributed by atoms with van der Waals surface area (Å²) in [7, 11) is 0. The van der Waals surface area contributed by atoms with Gasteiger partial charge in [0.25, 0.3) is 0 Å². The molecule has 5 atom stereocenters. The van der Waals surface area contributed by atoms with Crippen molar-refractivity contribution in [2.75, 3.05) is 83.4 Å². The van der Waals surface area contributed by atoms with E-state index in [0.29, 0.717) is 69.5 Å². The molecule has 3 heterocycles. The van der Waals surface area contributed by atoms with Crippen LogP contribution < -0.4 is 21.3 Å². The molecule has 4 amide bonds. The van der Waals surface area contributed by atoms with Crippen LogP contribution in [0, 0.1) is 0 Å². The van der Waals surface area contributed by atoms with Crippen molar-refractivity contribution in [3.8, 4) is 0 Å². The van der Waals surface area contributed by atoms with Gasteiger partial charge in [-0.15, -0.1) is 0 Å². The first kappa shape index (κ1) is 48.0. The van der Waals surface area contributed by atoms with Crippen LogP contribution in [0.2, 0.25) is 0 Å². The number of carboxylic acid groups (broad SMARTS) is 2. The van der Waals surface area contributed by atoms with Crippen LogP contribution in [0.15, 0.2) is 24.3 Å². The van der Waals surface area contributed by atoms with E-state index in [-0.39, 0.29) is 63.0 Å². The van der Waals surface area contributed by atoms with Crippen LogP contribution in [0.5, 0.6) is 0 Å². The van der Waals surface area contributed by atoms with Gasteiger partial charge in [0, 0.05) is 75.0 Å². The first-order valence-corrected chi connectivity index (χ1v) is 19.5. The smallest absolute Gasteiger partial charge is 0.317 e. The summed E-state index contributed by atoms with van der Waals surface area (Å²) in [5.74, 6) is -1.74. The molecule has 19 nitrogen and oxygen atoms in total. The lowest BCUT2D eigenvalue weighted by atomic mass is 10.0. The number of thioether (sulfide) groups is 1. The van der Waals surface area contributed by atoms with Crippen LogP contribution in [-0.2, 0) is 35.2 Å². The summed E-state index contributed by atoms with van der Waals surface area (Å²) in [6.07, 6.45) is 3.10. The lowest BCUT2D eigenvalue weighted by Crippen LogP contribution is -2.53. The second-order valence-corrected chi connectivity index (χ2v) is 15.0. The topological polar surface area (TPSA) is 261 Å². The normalized spacial score (nSPS) is 22.9. The van der Waals surface area contributed by atoms with E-state index in [1.807, 2.05) is 37.5 Å². The first-order valence-electron chi connectivity index (χ1n) is 18.5. The molecule has 1 aromatic carbocycles. The molecule has 8 N–H and O–H groups in total. The number of aliphatic hydroxyl groups excluding tert-OH is 2. The number of aliphatic carboxylic acids is 2. The number of hydrogen-bond donors (Lipinski definition) is 8. The predicted octanol–water partition coefficient (Wildman–Crippen LogP) is -1.31. The van der Waals surface area contributed by atoms with E-state index in [0.717, 1.165) is 24.2 Å². The molecule has 0 aromatic heterocycles. The maximum Gasteiger partial charge on any atom is 0.317 e. The predicted molar refractivity (Wildman–Crippen MR) is 209 cm³/mol. The average molecular weight is 811 g/mol. The third kappa shape index (κ3) is 16.5. The Morgan fingerprint density at radius 2 is 1.45 bits per heavy atom. The van der Waals surface area contributed by atoms with Crippen LogP contribution in [0.4, 0.5) is 10.5 Å². The SMILES string of the molecule is C=O.C=O.CC(NC(=O)CCCCC1SCC2NC(=O)NC21)C(=O)Nc1ccc(CC2CN(CC(=O)O)CCN(CO)CCN(CO)CCN2CC(=O)O)cc1. The number of carbonyl (C=O) groups excluding carboxylic acids is 5. The van der Waals surface area contributed by atoms with Gasteiger partial charge < -0.3 is 51.3 Å². The van der Waals surface area contributed by atoms with Crippen molar-refractivity contribution < 1.29 is 54.0 Å². The number of carbonyl (C=O) groups is 7. The molecular weight excluding hydrogens is 753 g/mol. The number of nitrogens with one attached hydrogen (secondary N) is 4. The zero-order chi connectivity index (χ0) is 41.6. The highest BCUT2D eigenvalue weighted by molar-refractivity contribution is 8.00. The van der Waals surface area contributed by atoms with Crippen molar-refractivity contribution in [3.05, 3.63) is 29.8 Å².